The number of aromatic nitrogens is 1. The number of rotatable bonds is 5. The molecule has 1 amide bonds. The predicted molar refractivity (Wildman–Crippen MR) is 90.5 cm³/mol. The fourth-order valence-corrected chi connectivity index (χ4v) is 2.84. The summed E-state index contributed by atoms with van der Waals surface area (Å²) in [5.41, 5.74) is 1.83. The van der Waals surface area contributed by atoms with Gasteiger partial charge in [0.2, 0.25) is 0 Å². The minimum atomic E-state index is -0.152. The van der Waals surface area contributed by atoms with Crippen molar-refractivity contribution in [3.8, 4) is 11.5 Å². The van der Waals surface area contributed by atoms with Gasteiger partial charge in [-0.15, -0.1) is 0 Å². The second kappa shape index (κ2) is 5.76. The van der Waals surface area contributed by atoms with Gasteiger partial charge in [0.1, 0.15) is 5.69 Å². The second-order valence-electron chi connectivity index (χ2n) is 6.39. The summed E-state index contributed by atoms with van der Waals surface area (Å²) < 4.78 is 5.42. The van der Waals surface area contributed by atoms with Crippen LogP contribution in [-0.4, -0.2) is 29.1 Å². The van der Waals surface area contributed by atoms with E-state index in [0.717, 1.165) is 23.7 Å². The summed E-state index contributed by atoms with van der Waals surface area (Å²) in [7, 11) is 0. The van der Waals surface area contributed by atoms with E-state index in [1.54, 1.807) is 18.4 Å². The molecule has 1 aliphatic rings. The molecule has 0 unspecified atom stereocenters. The van der Waals surface area contributed by atoms with Crippen LogP contribution >= 0.6 is 0 Å². The van der Waals surface area contributed by atoms with Crippen molar-refractivity contribution in [2.24, 2.45) is 5.41 Å². The third-order valence-electron chi connectivity index (χ3n) is 4.65. The van der Waals surface area contributed by atoms with Crippen LogP contribution in [0.3, 0.4) is 0 Å². The lowest BCUT2D eigenvalue weighted by atomic mass is 10.0. The number of amides is 1. The monoisotopic (exact) mass is 322 g/mol. The molecule has 0 bridgehead atoms. The van der Waals surface area contributed by atoms with Crippen LogP contribution in [-0.2, 0) is 0 Å². The molecule has 5 nitrogen and oxygen atoms in total. The molecule has 2 aromatic heterocycles. The highest BCUT2D eigenvalue weighted by molar-refractivity contribution is 6.07. The van der Waals surface area contributed by atoms with Gasteiger partial charge in [-0.3, -0.25) is 4.79 Å². The van der Waals surface area contributed by atoms with Crippen LogP contribution in [0.25, 0.3) is 22.4 Å². The normalized spacial score (nSPS) is 15.4. The van der Waals surface area contributed by atoms with Crippen molar-refractivity contribution in [3.63, 3.8) is 0 Å². The van der Waals surface area contributed by atoms with Crippen LogP contribution in [0.1, 0.15) is 23.2 Å². The number of fused-ring (bicyclic) bond motifs is 1. The number of hydrogen-bond donors (Lipinski definition) is 2. The van der Waals surface area contributed by atoms with Crippen molar-refractivity contribution in [3.05, 3.63) is 54.3 Å². The minimum Gasteiger partial charge on any atom is -0.463 e. The highest BCUT2D eigenvalue weighted by Gasteiger charge is 2.42. The van der Waals surface area contributed by atoms with Crippen molar-refractivity contribution in [2.75, 3.05) is 13.2 Å². The SMILES string of the molecule is O=C(NCC1(CO)CC1)c1cc(-c2ccco2)nc2ccccc12. The summed E-state index contributed by atoms with van der Waals surface area (Å²) in [6, 6.07) is 12.9. The van der Waals surface area contributed by atoms with E-state index in [1.165, 1.54) is 0 Å². The number of aliphatic hydroxyl groups excluding tert-OH is 1. The third kappa shape index (κ3) is 2.67. The Bertz CT molecular complexity index is 883. The highest BCUT2D eigenvalue weighted by Crippen LogP contribution is 2.44. The van der Waals surface area contributed by atoms with Crippen LogP contribution in [0.5, 0.6) is 0 Å². The van der Waals surface area contributed by atoms with E-state index in [0.29, 0.717) is 23.6 Å². The number of furan rings is 1. The number of benzene rings is 1. The van der Waals surface area contributed by atoms with E-state index < -0.39 is 0 Å². The van der Waals surface area contributed by atoms with E-state index in [2.05, 4.69) is 10.3 Å². The van der Waals surface area contributed by atoms with Gasteiger partial charge in [0.25, 0.3) is 5.91 Å². The van der Waals surface area contributed by atoms with E-state index in [1.807, 2.05) is 30.3 Å². The zero-order valence-corrected chi connectivity index (χ0v) is 13.2. The molecule has 0 saturated heterocycles. The first-order valence-corrected chi connectivity index (χ1v) is 8.04. The van der Waals surface area contributed by atoms with Crippen molar-refractivity contribution in [2.45, 2.75) is 12.8 Å². The maximum atomic E-state index is 12.7. The Labute approximate surface area is 139 Å². The standard InChI is InChI=1S/C19H18N2O3/c22-12-19(7-8-19)11-20-18(23)14-10-16(17-6-3-9-24-17)21-15-5-2-1-4-13(14)15/h1-6,9-10,22H,7-8,11-12H2,(H,20,23). The third-order valence-corrected chi connectivity index (χ3v) is 4.65. The minimum absolute atomic E-state index is 0.113. The number of nitrogens with one attached hydrogen (secondary N) is 1. The molecule has 5 heteroatoms. The van der Waals surface area contributed by atoms with Crippen LogP contribution in [0.2, 0.25) is 0 Å². The largest absolute Gasteiger partial charge is 0.463 e. The molecule has 0 radical (unpaired) electrons. The van der Waals surface area contributed by atoms with Crippen molar-refractivity contribution in [1.29, 1.82) is 0 Å². The Hall–Kier alpha value is -2.66. The number of pyridine rings is 1. The van der Waals surface area contributed by atoms with Gasteiger partial charge < -0.3 is 14.8 Å². The quantitative estimate of drug-likeness (QED) is 0.757. The molecule has 1 saturated carbocycles. The molecule has 2 heterocycles. The summed E-state index contributed by atoms with van der Waals surface area (Å²) in [5.74, 6) is 0.477. The molecular formula is C19H18N2O3. The molecule has 1 fully saturated rings. The first-order valence-electron chi connectivity index (χ1n) is 8.04. The highest BCUT2D eigenvalue weighted by atomic mass is 16.3. The lowest BCUT2D eigenvalue weighted by molar-refractivity contribution is 0.0937. The van der Waals surface area contributed by atoms with Gasteiger partial charge >= 0.3 is 0 Å². The van der Waals surface area contributed by atoms with Crippen LogP contribution < -0.4 is 5.32 Å². The number of carbonyl (C=O) groups is 1. The number of hydrogen-bond acceptors (Lipinski definition) is 4. The van der Waals surface area contributed by atoms with Gasteiger partial charge in [0.05, 0.1) is 24.0 Å². The molecule has 0 atom stereocenters. The molecule has 1 aliphatic carbocycles. The average Bonchev–Trinajstić information content (AvgIpc) is 3.20. The van der Waals surface area contributed by atoms with Crippen LogP contribution in [0, 0.1) is 5.41 Å². The van der Waals surface area contributed by atoms with Gasteiger partial charge in [-0.05, 0) is 37.1 Å². The number of nitrogens with zero attached hydrogens (tertiary/aromatic N) is 1. The predicted octanol–water partition coefficient (Wildman–Crippen LogP) is 3.00. The lowest BCUT2D eigenvalue weighted by Gasteiger charge is -2.14. The second-order valence-corrected chi connectivity index (χ2v) is 6.39. The molecular weight excluding hydrogens is 304 g/mol. The van der Waals surface area contributed by atoms with Crippen molar-refractivity contribution in [1.82, 2.24) is 10.3 Å². The van der Waals surface area contributed by atoms with E-state index in [9.17, 15) is 9.90 Å². The summed E-state index contributed by atoms with van der Waals surface area (Å²) in [5, 5.41) is 13.2. The Kier molecular flexibility index (Phi) is 3.58. The van der Waals surface area contributed by atoms with Gasteiger partial charge in [-0.2, -0.15) is 0 Å². The smallest absolute Gasteiger partial charge is 0.252 e. The van der Waals surface area contributed by atoms with Crippen LogP contribution in [0.4, 0.5) is 0 Å². The Morgan fingerprint density at radius 3 is 2.79 bits per heavy atom. The van der Waals surface area contributed by atoms with E-state index in [-0.39, 0.29) is 17.9 Å². The van der Waals surface area contributed by atoms with Crippen molar-refractivity contribution < 1.29 is 14.3 Å². The zero-order valence-electron chi connectivity index (χ0n) is 13.2. The summed E-state index contributed by atoms with van der Waals surface area (Å²) >= 11 is 0. The molecule has 4 rings (SSSR count). The van der Waals surface area contributed by atoms with Gasteiger partial charge in [-0.1, -0.05) is 18.2 Å². The fourth-order valence-electron chi connectivity index (χ4n) is 2.84. The molecule has 0 aliphatic heterocycles. The maximum Gasteiger partial charge on any atom is 0.252 e. The van der Waals surface area contributed by atoms with Gasteiger partial charge in [0.15, 0.2) is 5.76 Å². The number of para-hydroxylation sites is 1. The zero-order chi connectivity index (χ0) is 16.6. The van der Waals surface area contributed by atoms with Crippen molar-refractivity contribution >= 4 is 16.8 Å². The molecule has 2 N–H and O–H groups in total. The molecule has 122 valence electrons. The first kappa shape index (κ1) is 14.9. The van der Waals surface area contributed by atoms with E-state index >= 15 is 0 Å². The fraction of sp³-hybridized carbons (Fsp3) is 0.263. The van der Waals surface area contributed by atoms with Gasteiger partial charge in [-0.25, -0.2) is 4.98 Å². The summed E-state index contributed by atoms with van der Waals surface area (Å²) in [6.45, 7) is 0.608. The Balaban J connectivity index is 1.71. The number of carbonyl (C=O) groups excluding carboxylic acids is 1. The molecule has 3 aromatic rings. The number of aliphatic hydroxyl groups is 1. The summed E-state index contributed by atoms with van der Waals surface area (Å²) in [6.07, 6.45) is 3.50. The Morgan fingerprint density at radius 1 is 1.25 bits per heavy atom. The average molecular weight is 322 g/mol. The Morgan fingerprint density at radius 2 is 2.08 bits per heavy atom. The lowest BCUT2D eigenvalue weighted by Crippen LogP contribution is -2.32. The topological polar surface area (TPSA) is 75.4 Å². The molecule has 0 spiro atoms. The van der Waals surface area contributed by atoms with E-state index in [4.69, 9.17) is 4.42 Å². The van der Waals surface area contributed by atoms with Crippen LogP contribution in [0.15, 0.2) is 53.1 Å². The first-order chi connectivity index (χ1) is 11.7. The molecule has 24 heavy (non-hydrogen) atoms. The maximum absolute atomic E-state index is 12.7. The van der Waals surface area contributed by atoms with Gasteiger partial charge in [0, 0.05) is 17.3 Å². The summed E-state index contributed by atoms with van der Waals surface area (Å²) in [4.78, 5) is 17.3. The molecule has 1 aromatic carbocycles.